The molecule has 11 rings (SSSR count). The number of rotatable bonds is 4. The zero-order chi connectivity index (χ0) is 35.6. The van der Waals surface area contributed by atoms with Crippen molar-refractivity contribution >= 4 is 50.4 Å². The molecular formula is C54H42. The van der Waals surface area contributed by atoms with E-state index < -0.39 is 0 Å². The van der Waals surface area contributed by atoms with Gasteiger partial charge in [0.25, 0.3) is 0 Å². The molecule has 0 amide bonds. The predicted molar refractivity (Wildman–Crippen MR) is 229 cm³/mol. The third-order valence-corrected chi connectivity index (χ3v) is 12.8. The van der Waals surface area contributed by atoms with E-state index in [-0.39, 0.29) is 0 Å². The van der Waals surface area contributed by atoms with Crippen molar-refractivity contribution in [3.05, 3.63) is 208 Å². The Hall–Kier alpha value is -5.98. The van der Waals surface area contributed by atoms with Crippen molar-refractivity contribution in [2.24, 2.45) is 11.8 Å². The lowest BCUT2D eigenvalue weighted by atomic mass is 9.72. The molecule has 0 aromatic heterocycles. The van der Waals surface area contributed by atoms with Crippen LogP contribution >= 0.6 is 0 Å². The molecule has 0 aliphatic heterocycles. The van der Waals surface area contributed by atoms with Gasteiger partial charge in [-0.2, -0.15) is 0 Å². The van der Waals surface area contributed by atoms with E-state index in [1.807, 2.05) is 0 Å². The van der Waals surface area contributed by atoms with Crippen LogP contribution in [0.3, 0.4) is 0 Å². The van der Waals surface area contributed by atoms with Crippen LogP contribution in [0.2, 0.25) is 0 Å². The fourth-order valence-electron chi connectivity index (χ4n) is 10.4. The standard InChI is InChI=1S/C54H42/c1-4-19-42-35(13-1)16-12-26-43(42)37-27-29-38(30-28-37)53-49-25-10-9-24-48(49)52(50-32-31-36-14-2-6-21-45(36)54(50)53)41-18-11-17-39(33-41)51-34-40-15-3-5-20-44(40)46-22-7-8-23-47(46)51/h1-7,9-22,24-27,29-30,32-34,36-37,47,51H,8,23,28,31H2. The van der Waals surface area contributed by atoms with Crippen molar-refractivity contribution in [1.29, 1.82) is 0 Å². The van der Waals surface area contributed by atoms with Crippen molar-refractivity contribution in [1.82, 2.24) is 0 Å². The summed E-state index contributed by atoms with van der Waals surface area (Å²) >= 11 is 0. The van der Waals surface area contributed by atoms with Crippen LogP contribution < -0.4 is 20.9 Å². The van der Waals surface area contributed by atoms with Crippen LogP contribution in [0, 0.1) is 11.8 Å². The average molecular weight is 691 g/mol. The molecule has 0 saturated heterocycles. The summed E-state index contributed by atoms with van der Waals surface area (Å²) in [5, 5.41) is 10.9. The molecule has 0 fully saturated rings. The van der Waals surface area contributed by atoms with Gasteiger partial charge in [0.2, 0.25) is 0 Å². The molecule has 6 aromatic carbocycles. The lowest BCUT2D eigenvalue weighted by Gasteiger charge is -2.32. The fourth-order valence-corrected chi connectivity index (χ4v) is 10.4. The minimum absolute atomic E-state index is 0.350. The van der Waals surface area contributed by atoms with Crippen LogP contribution in [-0.4, -0.2) is 0 Å². The number of benzene rings is 6. The van der Waals surface area contributed by atoms with Gasteiger partial charge in [0, 0.05) is 17.8 Å². The number of fused-ring (bicyclic) bond motifs is 6. The summed E-state index contributed by atoms with van der Waals surface area (Å²) in [6.45, 7) is 0. The van der Waals surface area contributed by atoms with Crippen molar-refractivity contribution in [3.63, 3.8) is 0 Å². The molecule has 0 saturated carbocycles. The Balaban J connectivity index is 1.10. The first-order chi connectivity index (χ1) is 26.8. The molecule has 54 heavy (non-hydrogen) atoms. The van der Waals surface area contributed by atoms with Crippen LogP contribution in [0.15, 0.2) is 170 Å². The van der Waals surface area contributed by atoms with E-state index in [1.165, 1.54) is 93.4 Å². The van der Waals surface area contributed by atoms with Crippen LogP contribution in [0.25, 0.3) is 61.5 Å². The first kappa shape index (κ1) is 31.5. The summed E-state index contributed by atoms with van der Waals surface area (Å²) in [5.74, 6) is 1.60. The van der Waals surface area contributed by atoms with E-state index in [0.29, 0.717) is 23.7 Å². The first-order valence-electron chi connectivity index (χ1n) is 19.9. The Morgan fingerprint density at radius 1 is 0.574 bits per heavy atom. The topological polar surface area (TPSA) is 0 Å². The molecule has 0 nitrogen and oxygen atoms in total. The summed E-state index contributed by atoms with van der Waals surface area (Å²) in [5.41, 5.74) is 11.2. The SMILES string of the molecule is C1=CC2=c3c(C4=CCC(c5cccc6ccccc56)C=C4)c4ccccc4c(-c4cccc(C5C=c6ccccc6=C6C=CCCC65)c4)c3=CCC2C=C1. The lowest BCUT2D eigenvalue weighted by molar-refractivity contribution is 0.559. The maximum atomic E-state index is 2.55. The third kappa shape index (κ3) is 5.04. The molecule has 5 aliphatic rings. The largest absolute Gasteiger partial charge is 0.0842 e. The van der Waals surface area contributed by atoms with Crippen molar-refractivity contribution in [2.45, 2.75) is 37.5 Å². The lowest BCUT2D eigenvalue weighted by Crippen LogP contribution is -2.37. The van der Waals surface area contributed by atoms with E-state index in [1.54, 1.807) is 0 Å². The molecule has 258 valence electrons. The highest BCUT2D eigenvalue weighted by molar-refractivity contribution is 6.06. The van der Waals surface area contributed by atoms with E-state index >= 15 is 0 Å². The second-order valence-electron chi connectivity index (χ2n) is 15.7. The smallest absolute Gasteiger partial charge is 0.00964 e. The van der Waals surface area contributed by atoms with Crippen molar-refractivity contribution in [3.8, 4) is 11.1 Å². The predicted octanol–water partition coefficient (Wildman–Crippen LogP) is 10.6. The fraction of sp³-hybridized carbons (Fsp3) is 0.148. The number of hydrogen-bond acceptors (Lipinski definition) is 0. The molecule has 0 heteroatoms. The number of hydrogen-bond donors (Lipinski definition) is 0. The minimum Gasteiger partial charge on any atom is -0.0842 e. The third-order valence-electron chi connectivity index (χ3n) is 12.8. The van der Waals surface area contributed by atoms with Crippen LogP contribution in [0.4, 0.5) is 0 Å². The van der Waals surface area contributed by atoms with E-state index in [2.05, 4.69) is 182 Å². The Morgan fingerprint density at radius 2 is 1.37 bits per heavy atom. The second-order valence-corrected chi connectivity index (χ2v) is 15.7. The van der Waals surface area contributed by atoms with Gasteiger partial charge in [0.1, 0.15) is 0 Å². The minimum atomic E-state index is 0.350. The quantitative estimate of drug-likeness (QED) is 0.173. The first-order valence-corrected chi connectivity index (χ1v) is 19.9. The van der Waals surface area contributed by atoms with Gasteiger partial charge < -0.3 is 0 Å². The average Bonchev–Trinajstić information content (AvgIpc) is 3.25. The Bertz CT molecular complexity index is 2950. The van der Waals surface area contributed by atoms with Gasteiger partial charge in [0.05, 0.1) is 0 Å². The van der Waals surface area contributed by atoms with E-state index in [0.717, 1.165) is 19.3 Å². The summed E-state index contributed by atoms with van der Waals surface area (Å²) in [4.78, 5) is 0. The van der Waals surface area contributed by atoms with E-state index in [9.17, 15) is 0 Å². The van der Waals surface area contributed by atoms with Crippen molar-refractivity contribution < 1.29 is 0 Å². The molecule has 0 bridgehead atoms. The Labute approximate surface area is 317 Å². The van der Waals surface area contributed by atoms with Gasteiger partial charge in [-0.1, -0.05) is 182 Å². The number of allylic oxidation sites excluding steroid dienone is 10. The van der Waals surface area contributed by atoms with E-state index in [4.69, 9.17) is 0 Å². The second kappa shape index (κ2) is 12.9. The van der Waals surface area contributed by atoms with Crippen LogP contribution in [0.5, 0.6) is 0 Å². The van der Waals surface area contributed by atoms with Gasteiger partial charge in [-0.15, -0.1) is 0 Å². The molecule has 0 spiro atoms. The van der Waals surface area contributed by atoms with Gasteiger partial charge in [0.15, 0.2) is 0 Å². The summed E-state index contributed by atoms with van der Waals surface area (Å²) in [6.07, 6.45) is 30.9. The molecule has 4 unspecified atom stereocenters. The highest BCUT2D eigenvalue weighted by Gasteiger charge is 2.29. The maximum Gasteiger partial charge on any atom is 0.00964 e. The van der Waals surface area contributed by atoms with Crippen LogP contribution in [-0.2, 0) is 0 Å². The summed E-state index contributed by atoms with van der Waals surface area (Å²) < 4.78 is 0. The highest BCUT2D eigenvalue weighted by atomic mass is 14.3. The molecule has 4 atom stereocenters. The maximum absolute atomic E-state index is 2.55. The van der Waals surface area contributed by atoms with Gasteiger partial charge in [-0.3, -0.25) is 0 Å². The van der Waals surface area contributed by atoms with Gasteiger partial charge in [-0.25, -0.2) is 0 Å². The zero-order valence-electron chi connectivity index (χ0n) is 30.5. The van der Waals surface area contributed by atoms with Gasteiger partial charge in [-0.05, 0) is 119 Å². The van der Waals surface area contributed by atoms with Crippen molar-refractivity contribution in [2.75, 3.05) is 0 Å². The summed E-state index contributed by atoms with van der Waals surface area (Å²) in [6, 6.07) is 43.4. The molecule has 0 heterocycles. The monoisotopic (exact) mass is 690 g/mol. The Kier molecular flexibility index (Phi) is 7.51. The molecule has 5 aliphatic carbocycles. The normalized spacial score (nSPS) is 22.2. The highest BCUT2D eigenvalue weighted by Crippen LogP contribution is 2.42. The molecule has 6 aromatic rings. The van der Waals surface area contributed by atoms with Gasteiger partial charge >= 0.3 is 0 Å². The molecule has 0 radical (unpaired) electrons. The zero-order valence-corrected chi connectivity index (χ0v) is 30.5. The molecule has 0 N–H and O–H groups in total. The summed E-state index contributed by atoms with van der Waals surface area (Å²) in [7, 11) is 0. The molecular weight excluding hydrogens is 649 g/mol. The van der Waals surface area contributed by atoms with Crippen LogP contribution in [0.1, 0.15) is 54.2 Å². The Morgan fingerprint density at radius 3 is 2.28 bits per heavy atom.